The molecule has 2 rings (SSSR count). The molecule has 0 heterocycles. The Hall–Kier alpha value is -1.85. The lowest BCUT2D eigenvalue weighted by molar-refractivity contribution is 0.432. The summed E-state index contributed by atoms with van der Waals surface area (Å²) in [4.78, 5) is 0. The summed E-state index contributed by atoms with van der Waals surface area (Å²) < 4.78 is 0. The molecule has 0 spiro atoms. The number of nitriles is 1. The molecule has 0 aliphatic heterocycles. The predicted molar refractivity (Wildman–Crippen MR) is 79.7 cm³/mol. The van der Waals surface area contributed by atoms with Crippen molar-refractivity contribution in [1.82, 2.24) is 5.32 Å². The van der Waals surface area contributed by atoms with Crippen LogP contribution in [-0.4, -0.2) is 6.54 Å². The van der Waals surface area contributed by atoms with Gasteiger partial charge in [0.05, 0.1) is 11.5 Å². The lowest BCUT2D eigenvalue weighted by Crippen LogP contribution is -2.21. The van der Waals surface area contributed by atoms with E-state index in [1.165, 1.54) is 16.3 Å². The van der Waals surface area contributed by atoms with E-state index in [0.29, 0.717) is 0 Å². The molecule has 0 atom stereocenters. The second-order valence-electron chi connectivity index (χ2n) is 5.56. The molecule has 0 saturated carbocycles. The summed E-state index contributed by atoms with van der Waals surface area (Å²) in [5, 5.41) is 15.0. The van der Waals surface area contributed by atoms with Gasteiger partial charge in [0.1, 0.15) is 0 Å². The highest BCUT2D eigenvalue weighted by atomic mass is 14.8. The summed E-state index contributed by atoms with van der Waals surface area (Å²) in [5.74, 6) is 0. The summed E-state index contributed by atoms with van der Waals surface area (Å²) in [7, 11) is 0. The molecule has 0 aliphatic carbocycles. The van der Waals surface area contributed by atoms with Crippen LogP contribution in [0.15, 0.2) is 42.5 Å². The van der Waals surface area contributed by atoms with Gasteiger partial charge in [-0.15, -0.1) is 0 Å². The van der Waals surface area contributed by atoms with Gasteiger partial charge >= 0.3 is 0 Å². The number of fused-ring (bicyclic) bond motifs is 1. The topological polar surface area (TPSA) is 35.8 Å². The summed E-state index contributed by atoms with van der Waals surface area (Å²) >= 11 is 0. The molecule has 0 aliphatic rings. The molecule has 2 nitrogen and oxygen atoms in total. The SMILES string of the molecule is CC(C)(C#N)CCNCc1cccc2ccccc12. The number of hydrogen-bond donors (Lipinski definition) is 1. The molecule has 98 valence electrons. The van der Waals surface area contributed by atoms with Gasteiger partial charge in [-0.3, -0.25) is 0 Å². The monoisotopic (exact) mass is 252 g/mol. The van der Waals surface area contributed by atoms with E-state index in [0.717, 1.165) is 19.5 Å². The Bertz CT molecular complexity index is 588. The van der Waals surface area contributed by atoms with E-state index in [9.17, 15) is 0 Å². The third kappa shape index (κ3) is 3.56. The van der Waals surface area contributed by atoms with Crippen LogP contribution < -0.4 is 5.32 Å². The highest BCUT2D eigenvalue weighted by Crippen LogP contribution is 2.19. The molecule has 0 bridgehead atoms. The van der Waals surface area contributed by atoms with E-state index >= 15 is 0 Å². The minimum absolute atomic E-state index is 0.244. The van der Waals surface area contributed by atoms with E-state index in [1.807, 2.05) is 13.8 Å². The van der Waals surface area contributed by atoms with Crippen molar-refractivity contribution in [2.24, 2.45) is 5.41 Å². The Morgan fingerprint density at radius 2 is 1.84 bits per heavy atom. The minimum atomic E-state index is -0.244. The maximum Gasteiger partial charge on any atom is 0.0684 e. The summed E-state index contributed by atoms with van der Waals surface area (Å²) in [6, 6.07) is 17.2. The highest BCUT2D eigenvalue weighted by molar-refractivity contribution is 5.85. The Labute approximate surface area is 115 Å². The molecular weight excluding hydrogens is 232 g/mol. The molecule has 2 heteroatoms. The van der Waals surface area contributed by atoms with E-state index in [4.69, 9.17) is 5.26 Å². The Kier molecular flexibility index (Phi) is 4.19. The number of nitrogens with zero attached hydrogens (tertiary/aromatic N) is 1. The standard InChI is InChI=1S/C17H20N2/c1-17(2,13-18)10-11-19-12-15-8-5-7-14-6-3-4-9-16(14)15/h3-9,19H,10-12H2,1-2H3. The summed E-state index contributed by atoms with van der Waals surface area (Å²) in [6.07, 6.45) is 0.869. The average molecular weight is 252 g/mol. The van der Waals surface area contributed by atoms with Crippen molar-refractivity contribution >= 4 is 10.8 Å². The molecule has 2 aromatic rings. The maximum absolute atomic E-state index is 8.97. The van der Waals surface area contributed by atoms with Crippen LogP contribution in [-0.2, 0) is 6.54 Å². The van der Waals surface area contributed by atoms with E-state index in [2.05, 4.69) is 53.9 Å². The largest absolute Gasteiger partial charge is 0.313 e. The molecule has 0 saturated heterocycles. The van der Waals surface area contributed by atoms with E-state index in [-0.39, 0.29) is 5.41 Å². The van der Waals surface area contributed by atoms with Crippen molar-refractivity contribution in [2.45, 2.75) is 26.8 Å². The van der Waals surface area contributed by atoms with Gasteiger partial charge in [0.15, 0.2) is 0 Å². The molecule has 2 aromatic carbocycles. The van der Waals surface area contributed by atoms with Crippen LogP contribution in [0.25, 0.3) is 10.8 Å². The van der Waals surface area contributed by atoms with Crippen molar-refractivity contribution < 1.29 is 0 Å². The lowest BCUT2D eigenvalue weighted by atomic mass is 9.91. The van der Waals surface area contributed by atoms with Crippen LogP contribution in [0.2, 0.25) is 0 Å². The quantitative estimate of drug-likeness (QED) is 0.820. The van der Waals surface area contributed by atoms with Gasteiger partial charge in [-0.1, -0.05) is 42.5 Å². The lowest BCUT2D eigenvalue weighted by Gasteiger charge is -2.15. The normalized spacial score (nSPS) is 11.4. The van der Waals surface area contributed by atoms with Gasteiger partial charge in [0.2, 0.25) is 0 Å². The fourth-order valence-corrected chi connectivity index (χ4v) is 2.13. The maximum atomic E-state index is 8.97. The van der Waals surface area contributed by atoms with Crippen molar-refractivity contribution in [3.05, 3.63) is 48.0 Å². The van der Waals surface area contributed by atoms with Crippen LogP contribution in [0.1, 0.15) is 25.8 Å². The first kappa shape index (κ1) is 13.6. The molecule has 19 heavy (non-hydrogen) atoms. The number of nitrogens with one attached hydrogen (secondary N) is 1. The number of rotatable bonds is 5. The molecule has 0 unspecified atom stereocenters. The van der Waals surface area contributed by atoms with Crippen molar-refractivity contribution in [2.75, 3.05) is 6.54 Å². The first-order valence-corrected chi connectivity index (χ1v) is 6.71. The average Bonchev–Trinajstić information content (AvgIpc) is 2.44. The zero-order chi connectivity index (χ0) is 13.7. The van der Waals surface area contributed by atoms with Gasteiger partial charge in [-0.05, 0) is 43.1 Å². The zero-order valence-corrected chi connectivity index (χ0v) is 11.6. The van der Waals surface area contributed by atoms with Crippen LogP contribution in [0, 0.1) is 16.7 Å². The zero-order valence-electron chi connectivity index (χ0n) is 11.6. The van der Waals surface area contributed by atoms with Gasteiger partial charge in [-0.2, -0.15) is 5.26 Å². The second-order valence-corrected chi connectivity index (χ2v) is 5.56. The van der Waals surface area contributed by atoms with Crippen molar-refractivity contribution in [3.8, 4) is 6.07 Å². The van der Waals surface area contributed by atoms with Crippen molar-refractivity contribution in [3.63, 3.8) is 0 Å². The Morgan fingerprint density at radius 1 is 1.11 bits per heavy atom. The fraction of sp³-hybridized carbons (Fsp3) is 0.353. The molecule has 1 N–H and O–H groups in total. The van der Waals surface area contributed by atoms with Gasteiger partial charge in [0.25, 0.3) is 0 Å². The Morgan fingerprint density at radius 3 is 2.63 bits per heavy atom. The first-order valence-electron chi connectivity index (χ1n) is 6.71. The highest BCUT2D eigenvalue weighted by Gasteiger charge is 2.15. The number of benzene rings is 2. The van der Waals surface area contributed by atoms with Crippen molar-refractivity contribution in [1.29, 1.82) is 5.26 Å². The summed E-state index contributed by atoms with van der Waals surface area (Å²) in [6.45, 7) is 5.67. The smallest absolute Gasteiger partial charge is 0.0684 e. The van der Waals surface area contributed by atoms with E-state index in [1.54, 1.807) is 0 Å². The van der Waals surface area contributed by atoms with Gasteiger partial charge in [0, 0.05) is 6.54 Å². The van der Waals surface area contributed by atoms with Gasteiger partial charge < -0.3 is 5.32 Å². The second kappa shape index (κ2) is 5.86. The van der Waals surface area contributed by atoms with Crippen LogP contribution in [0.5, 0.6) is 0 Å². The molecular formula is C17H20N2. The third-order valence-electron chi connectivity index (χ3n) is 3.42. The minimum Gasteiger partial charge on any atom is -0.313 e. The first-order chi connectivity index (χ1) is 9.12. The predicted octanol–water partition coefficient (Wildman–Crippen LogP) is 3.87. The molecule has 0 aromatic heterocycles. The third-order valence-corrected chi connectivity index (χ3v) is 3.42. The van der Waals surface area contributed by atoms with E-state index < -0.39 is 0 Å². The van der Waals surface area contributed by atoms with Crippen LogP contribution in [0.4, 0.5) is 0 Å². The van der Waals surface area contributed by atoms with Crippen LogP contribution >= 0.6 is 0 Å². The van der Waals surface area contributed by atoms with Crippen LogP contribution in [0.3, 0.4) is 0 Å². The molecule has 0 radical (unpaired) electrons. The number of hydrogen-bond acceptors (Lipinski definition) is 2. The Balaban J connectivity index is 1.98. The molecule has 0 amide bonds. The summed E-state index contributed by atoms with van der Waals surface area (Å²) in [5.41, 5.74) is 1.07. The fourth-order valence-electron chi connectivity index (χ4n) is 2.13. The van der Waals surface area contributed by atoms with Gasteiger partial charge in [-0.25, -0.2) is 0 Å². The molecule has 0 fully saturated rings.